The maximum atomic E-state index is 13.3. The number of rotatable bonds is 7. The first-order valence-electron chi connectivity index (χ1n) is 10.4. The highest BCUT2D eigenvalue weighted by atomic mass is 35.5. The van der Waals surface area contributed by atoms with E-state index in [1.54, 1.807) is 36.6 Å². The van der Waals surface area contributed by atoms with E-state index in [1.807, 2.05) is 30.3 Å². The summed E-state index contributed by atoms with van der Waals surface area (Å²) in [6.07, 6.45) is 0. The second-order valence-corrected chi connectivity index (χ2v) is 9.20. The Bertz CT molecular complexity index is 1440. The topological polar surface area (TPSA) is 84.8 Å². The number of thioether (sulfide) groups is 1. The van der Waals surface area contributed by atoms with Gasteiger partial charge in [0.2, 0.25) is 0 Å². The van der Waals surface area contributed by atoms with Crippen LogP contribution in [0, 0.1) is 13.8 Å². The number of hydrogen-bond donors (Lipinski definition) is 1. The molecule has 0 bridgehead atoms. The molecule has 0 amide bonds. The zero-order valence-electron chi connectivity index (χ0n) is 18.4. The molecular weight excluding hydrogens is 458 g/mol. The van der Waals surface area contributed by atoms with Gasteiger partial charge < -0.3 is 4.98 Å². The second-order valence-electron chi connectivity index (χ2n) is 7.83. The van der Waals surface area contributed by atoms with Crippen molar-refractivity contribution in [1.82, 2.24) is 14.5 Å². The van der Waals surface area contributed by atoms with Gasteiger partial charge in [-0.3, -0.25) is 19.0 Å². The zero-order valence-corrected chi connectivity index (χ0v) is 20.0. The molecule has 0 saturated heterocycles. The predicted molar refractivity (Wildman–Crippen MR) is 132 cm³/mol. The van der Waals surface area contributed by atoms with Crippen LogP contribution in [0.5, 0.6) is 0 Å². The maximum Gasteiger partial charge on any atom is 0.262 e. The Hall–Kier alpha value is -3.16. The van der Waals surface area contributed by atoms with Crippen LogP contribution in [0.4, 0.5) is 0 Å². The van der Waals surface area contributed by atoms with Crippen molar-refractivity contribution in [2.45, 2.75) is 32.5 Å². The molecule has 2 heterocycles. The minimum Gasteiger partial charge on any atom is -0.355 e. The number of H-pyrrole nitrogens is 1. The minimum atomic E-state index is -0.193. The van der Waals surface area contributed by atoms with Crippen LogP contribution in [0.2, 0.25) is 5.02 Å². The van der Waals surface area contributed by atoms with Gasteiger partial charge in [0, 0.05) is 16.3 Å². The molecule has 33 heavy (non-hydrogen) atoms. The van der Waals surface area contributed by atoms with Crippen molar-refractivity contribution >= 4 is 45.8 Å². The summed E-state index contributed by atoms with van der Waals surface area (Å²) < 4.78 is 1.58. The van der Waals surface area contributed by atoms with E-state index in [9.17, 15) is 14.4 Å². The number of carbonyl (C=O) groups excluding carboxylic acids is 2. The van der Waals surface area contributed by atoms with Crippen LogP contribution in [-0.4, -0.2) is 31.9 Å². The number of ketones is 2. The van der Waals surface area contributed by atoms with Gasteiger partial charge in [-0.05, 0) is 50.1 Å². The van der Waals surface area contributed by atoms with Crippen LogP contribution in [-0.2, 0) is 6.54 Å². The second kappa shape index (κ2) is 9.37. The van der Waals surface area contributed by atoms with Gasteiger partial charge in [-0.1, -0.05) is 53.7 Å². The number of aryl methyl sites for hydroxylation is 1. The Balaban J connectivity index is 1.71. The average Bonchev–Trinajstić information content (AvgIpc) is 3.09. The van der Waals surface area contributed by atoms with Crippen LogP contribution >= 0.6 is 23.4 Å². The molecule has 168 valence electrons. The first kappa shape index (κ1) is 23.0. The quantitative estimate of drug-likeness (QED) is 0.223. The maximum absolute atomic E-state index is 13.3. The van der Waals surface area contributed by atoms with E-state index < -0.39 is 0 Å². The van der Waals surface area contributed by atoms with Gasteiger partial charge >= 0.3 is 0 Å². The van der Waals surface area contributed by atoms with Crippen LogP contribution in [0.15, 0.2) is 58.5 Å². The predicted octanol–water partition coefficient (Wildman–Crippen LogP) is 5.22. The van der Waals surface area contributed by atoms with Gasteiger partial charge in [0.25, 0.3) is 5.56 Å². The number of Topliss-reactive ketones (excluding diaryl/α,β-unsaturated/α-hetero) is 2. The number of halogens is 1. The zero-order chi connectivity index (χ0) is 23.7. The number of aromatic nitrogens is 3. The van der Waals surface area contributed by atoms with E-state index >= 15 is 0 Å². The van der Waals surface area contributed by atoms with Gasteiger partial charge in [-0.25, -0.2) is 4.98 Å². The molecule has 4 aromatic rings. The van der Waals surface area contributed by atoms with E-state index in [0.717, 1.165) is 5.56 Å². The standard InChI is InChI=1S/C25H22ClN3O3S/c1-14-22(16(3)30)15(2)27-23(14)21(31)13-33-25-28-20-11-18(26)9-10-19(20)24(32)29(25)12-17-7-5-4-6-8-17/h4-11,27H,12-13H2,1-3H3. The largest absolute Gasteiger partial charge is 0.355 e. The van der Waals surface area contributed by atoms with E-state index in [-0.39, 0.29) is 22.9 Å². The number of hydrogen-bond acceptors (Lipinski definition) is 5. The Kier molecular flexibility index (Phi) is 6.54. The lowest BCUT2D eigenvalue weighted by atomic mass is 10.1. The summed E-state index contributed by atoms with van der Waals surface area (Å²) in [5.74, 6) is -0.191. The molecule has 2 aromatic heterocycles. The summed E-state index contributed by atoms with van der Waals surface area (Å²) in [6, 6.07) is 14.6. The fraction of sp³-hybridized carbons (Fsp3) is 0.200. The molecule has 0 aliphatic heterocycles. The Morgan fingerprint density at radius 1 is 1.12 bits per heavy atom. The summed E-state index contributed by atoms with van der Waals surface area (Å²) in [6.45, 7) is 5.36. The summed E-state index contributed by atoms with van der Waals surface area (Å²) in [4.78, 5) is 45.9. The molecule has 0 saturated carbocycles. The van der Waals surface area contributed by atoms with Crippen molar-refractivity contribution in [3.63, 3.8) is 0 Å². The monoisotopic (exact) mass is 479 g/mol. The smallest absolute Gasteiger partial charge is 0.262 e. The highest BCUT2D eigenvalue weighted by molar-refractivity contribution is 7.99. The van der Waals surface area contributed by atoms with Crippen molar-refractivity contribution < 1.29 is 9.59 Å². The van der Waals surface area contributed by atoms with Crippen LogP contribution in [0.25, 0.3) is 10.9 Å². The van der Waals surface area contributed by atoms with Gasteiger partial charge in [-0.2, -0.15) is 0 Å². The Labute approximate surface area is 200 Å². The summed E-state index contributed by atoms with van der Waals surface area (Å²) >= 11 is 7.31. The minimum absolute atomic E-state index is 0.0610. The lowest BCUT2D eigenvalue weighted by molar-refractivity contribution is 0.101. The summed E-state index contributed by atoms with van der Waals surface area (Å²) in [5.41, 5.74) is 3.51. The van der Waals surface area contributed by atoms with E-state index in [2.05, 4.69) is 9.97 Å². The molecule has 0 aliphatic rings. The normalized spacial score (nSPS) is 11.2. The average molecular weight is 480 g/mol. The highest BCUT2D eigenvalue weighted by Gasteiger charge is 2.21. The van der Waals surface area contributed by atoms with E-state index in [0.29, 0.717) is 50.1 Å². The third-order valence-electron chi connectivity index (χ3n) is 5.47. The highest BCUT2D eigenvalue weighted by Crippen LogP contribution is 2.24. The lowest BCUT2D eigenvalue weighted by Crippen LogP contribution is -2.24. The van der Waals surface area contributed by atoms with Gasteiger partial charge in [-0.15, -0.1) is 0 Å². The van der Waals surface area contributed by atoms with Crippen molar-refractivity contribution in [3.05, 3.63) is 92.0 Å². The Morgan fingerprint density at radius 2 is 1.85 bits per heavy atom. The number of aromatic amines is 1. The van der Waals surface area contributed by atoms with Crippen molar-refractivity contribution in [2.24, 2.45) is 0 Å². The third-order valence-corrected chi connectivity index (χ3v) is 6.68. The molecule has 6 nitrogen and oxygen atoms in total. The summed E-state index contributed by atoms with van der Waals surface area (Å²) in [7, 11) is 0. The van der Waals surface area contributed by atoms with Crippen molar-refractivity contribution in [1.29, 1.82) is 0 Å². The molecule has 2 aromatic carbocycles. The number of nitrogens with zero attached hydrogens (tertiary/aromatic N) is 2. The molecular formula is C25H22ClN3O3S. The first-order chi connectivity index (χ1) is 15.8. The van der Waals surface area contributed by atoms with Crippen LogP contribution in [0.1, 0.15) is 44.6 Å². The molecule has 0 radical (unpaired) electrons. The molecule has 0 aliphatic carbocycles. The van der Waals surface area contributed by atoms with Gasteiger partial charge in [0.1, 0.15) is 0 Å². The molecule has 0 unspecified atom stereocenters. The molecule has 4 rings (SSSR count). The van der Waals surface area contributed by atoms with Gasteiger partial charge in [0.05, 0.1) is 28.9 Å². The van der Waals surface area contributed by atoms with Crippen molar-refractivity contribution in [2.75, 3.05) is 5.75 Å². The number of carbonyl (C=O) groups is 2. The SMILES string of the molecule is CC(=O)c1c(C)[nH]c(C(=O)CSc2nc3cc(Cl)ccc3c(=O)n2Cc2ccccc2)c1C. The third kappa shape index (κ3) is 4.65. The van der Waals surface area contributed by atoms with Gasteiger partial charge in [0.15, 0.2) is 16.7 Å². The molecule has 0 fully saturated rings. The number of fused-ring (bicyclic) bond motifs is 1. The first-order valence-corrected chi connectivity index (χ1v) is 11.7. The fourth-order valence-corrected chi connectivity index (χ4v) is 4.99. The molecule has 1 N–H and O–H groups in total. The lowest BCUT2D eigenvalue weighted by Gasteiger charge is -2.13. The summed E-state index contributed by atoms with van der Waals surface area (Å²) in [5, 5.41) is 1.38. The molecule has 8 heteroatoms. The fourth-order valence-electron chi connectivity index (χ4n) is 3.95. The molecule has 0 spiro atoms. The van der Waals surface area contributed by atoms with Crippen molar-refractivity contribution in [3.8, 4) is 0 Å². The Morgan fingerprint density at radius 3 is 2.52 bits per heavy atom. The number of nitrogens with one attached hydrogen (secondary N) is 1. The number of benzene rings is 2. The van der Waals surface area contributed by atoms with E-state index in [1.165, 1.54) is 18.7 Å². The van der Waals surface area contributed by atoms with Crippen LogP contribution in [0.3, 0.4) is 0 Å². The molecule has 0 atom stereocenters. The van der Waals surface area contributed by atoms with E-state index in [4.69, 9.17) is 11.6 Å². The van der Waals surface area contributed by atoms with Crippen LogP contribution < -0.4 is 5.56 Å².